The minimum absolute atomic E-state index is 0.677. The molecule has 0 bridgehead atoms. The first kappa shape index (κ1) is 17.8. The van der Waals surface area contributed by atoms with Crippen LogP contribution in [-0.2, 0) is 0 Å². The van der Waals surface area contributed by atoms with E-state index in [1.54, 1.807) is 12.4 Å². The highest BCUT2D eigenvalue weighted by molar-refractivity contribution is 7.99. The van der Waals surface area contributed by atoms with Crippen LogP contribution >= 0.6 is 24.0 Å². The van der Waals surface area contributed by atoms with Gasteiger partial charge in [0.05, 0.1) is 0 Å². The highest BCUT2D eigenvalue weighted by Crippen LogP contribution is 2.18. The van der Waals surface area contributed by atoms with Crippen molar-refractivity contribution in [1.82, 2.24) is 10.3 Å². The van der Waals surface area contributed by atoms with E-state index in [0.29, 0.717) is 5.11 Å². The summed E-state index contributed by atoms with van der Waals surface area (Å²) in [6.45, 7) is 0.919. The number of anilines is 1. The number of thiocarbonyl (C=S) groups is 1. The summed E-state index contributed by atoms with van der Waals surface area (Å²) in [4.78, 5) is 5.34. The van der Waals surface area contributed by atoms with Gasteiger partial charge in [-0.3, -0.25) is 4.98 Å². The average Bonchev–Trinajstić information content (AvgIpc) is 2.59. The van der Waals surface area contributed by atoms with Gasteiger partial charge in [0, 0.05) is 29.5 Å². The van der Waals surface area contributed by atoms with Crippen LogP contribution in [0.1, 0.15) is 25.7 Å². The van der Waals surface area contributed by atoms with E-state index in [2.05, 4.69) is 45.9 Å². The zero-order chi connectivity index (χ0) is 16.2. The van der Waals surface area contributed by atoms with Crippen molar-refractivity contribution in [2.75, 3.05) is 17.6 Å². The van der Waals surface area contributed by atoms with Crippen LogP contribution in [0.3, 0.4) is 0 Å². The second-order valence-electron chi connectivity index (χ2n) is 5.19. The minimum atomic E-state index is 0.677. The van der Waals surface area contributed by atoms with Crippen LogP contribution in [0, 0.1) is 0 Å². The molecule has 0 saturated heterocycles. The lowest BCUT2D eigenvalue weighted by molar-refractivity contribution is 0.658. The lowest BCUT2D eigenvalue weighted by atomic mass is 10.2. The Balaban J connectivity index is 1.44. The lowest BCUT2D eigenvalue weighted by Gasteiger charge is -2.10. The zero-order valence-electron chi connectivity index (χ0n) is 13.2. The van der Waals surface area contributed by atoms with Gasteiger partial charge in [-0.1, -0.05) is 31.0 Å². The number of pyridine rings is 1. The fourth-order valence-electron chi connectivity index (χ4n) is 2.10. The van der Waals surface area contributed by atoms with Gasteiger partial charge >= 0.3 is 0 Å². The first-order valence-corrected chi connectivity index (χ1v) is 9.37. The molecule has 1 heterocycles. The summed E-state index contributed by atoms with van der Waals surface area (Å²) in [5.41, 5.74) is 0.968. The number of rotatable bonds is 9. The third kappa shape index (κ3) is 8.00. The molecule has 0 spiro atoms. The van der Waals surface area contributed by atoms with E-state index < -0.39 is 0 Å². The fraction of sp³-hybridized carbons (Fsp3) is 0.333. The monoisotopic (exact) mass is 345 g/mol. The van der Waals surface area contributed by atoms with Crippen molar-refractivity contribution in [2.24, 2.45) is 0 Å². The van der Waals surface area contributed by atoms with Gasteiger partial charge in [-0.05, 0) is 55.1 Å². The number of nitrogens with one attached hydrogen (secondary N) is 2. The normalized spacial score (nSPS) is 10.3. The van der Waals surface area contributed by atoms with Crippen LogP contribution in [0.2, 0.25) is 0 Å². The van der Waals surface area contributed by atoms with Crippen molar-refractivity contribution in [2.45, 2.75) is 30.6 Å². The highest BCUT2D eigenvalue weighted by Gasteiger charge is 1.97. The maximum Gasteiger partial charge on any atom is 0.170 e. The van der Waals surface area contributed by atoms with E-state index in [1.165, 1.54) is 29.9 Å². The van der Waals surface area contributed by atoms with Gasteiger partial charge in [0.2, 0.25) is 0 Å². The summed E-state index contributed by atoms with van der Waals surface area (Å²) in [6.07, 6.45) is 8.41. The van der Waals surface area contributed by atoms with Crippen molar-refractivity contribution < 1.29 is 0 Å². The topological polar surface area (TPSA) is 37.0 Å². The van der Waals surface area contributed by atoms with E-state index in [4.69, 9.17) is 12.2 Å². The quantitative estimate of drug-likeness (QED) is 0.391. The molecule has 0 amide bonds. The number of thioether (sulfide) groups is 1. The second-order valence-corrected chi connectivity index (χ2v) is 6.77. The molecule has 2 N–H and O–H groups in total. The summed E-state index contributed by atoms with van der Waals surface area (Å²) in [5.74, 6) is 1.19. The van der Waals surface area contributed by atoms with E-state index in [0.717, 1.165) is 18.7 Å². The Morgan fingerprint density at radius 2 is 1.70 bits per heavy atom. The number of hydrogen-bond acceptors (Lipinski definition) is 3. The Labute approximate surface area is 148 Å². The molecule has 2 rings (SSSR count). The number of hydrogen-bond donors (Lipinski definition) is 2. The molecular weight excluding hydrogens is 322 g/mol. The molecule has 0 radical (unpaired) electrons. The van der Waals surface area contributed by atoms with Gasteiger partial charge in [-0.2, -0.15) is 0 Å². The standard InChI is InChI=1S/C18H23N3S2/c22-18(21-16-10-13-19-14-11-16)20-12-6-1-2-7-15-23-17-8-4-3-5-9-17/h3-5,8-11,13-14H,1-2,6-7,12,15H2,(H2,19,20,21,22). The molecule has 0 saturated carbocycles. The molecule has 3 nitrogen and oxygen atoms in total. The molecular formula is C18H23N3S2. The molecule has 0 atom stereocenters. The Morgan fingerprint density at radius 3 is 2.48 bits per heavy atom. The Bertz CT molecular complexity index is 561. The van der Waals surface area contributed by atoms with Gasteiger partial charge in [-0.25, -0.2) is 0 Å². The van der Waals surface area contributed by atoms with E-state index in [9.17, 15) is 0 Å². The number of unbranched alkanes of at least 4 members (excludes halogenated alkanes) is 3. The summed E-state index contributed by atoms with van der Waals surface area (Å²) in [5, 5.41) is 7.07. The van der Waals surface area contributed by atoms with Gasteiger partial charge < -0.3 is 10.6 Å². The fourth-order valence-corrected chi connectivity index (χ4v) is 3.25. The Hall–Kier alpha value is -1.59. The maximum absolute atomic E-state index is 5.26. The Morgan fingerprint density at radius 1 is 0.957 bits per heavy atom. The molecule has 122 valence electrons. The van der Waals surface area contributed by atoms with Crippen LogP contribution in [0.5, 0.6) is 0 Å². The van der Waals surface area contributed by atoms with Gasteiger partial charge in [0.25, 0.3) is 0 Å². The van der Waals surface area contributed by atoms with E-state index >= 15 is 0 Å². The second kappa shape index (κ2) is 11.0. The third-order valence-electron chi connectivity index (χ3n) is 3.31. The molecule has 2 aromatic rings. The minimum Gasteiger partial charge on any atom is -0.362 e. The third-order valence-corrected chi connectivity index (χ3v) is 4.65. The molecule has 0 aliphatic carbocycles. The van der Waals surface area contributed by atoms with Crippen LogP contribution < -0.4 is 10.6 Å². The van der Waals surface area contributed by atoms with Gasteiger partial charge in [-0.15, -0.1) is 11.8 Å². The highest BCUT2D eigenvalue weighted by atomic mass is 32.2. The average molecular weight is 346 g/mol. The predicted octanol–water partition coefficient (Wildman–Crippen LogP) is 4.72. The van der Waals surface area contributed by atoms with Gasteiger partial charge in [0.15, 0.2) is 5.11 Å². The van der Waals surface area contributed by atoms with Crippen molar-refractivity contribution in [3.8, 4) is 0 Å². The van der Waals surface area contributed by atoms with Crippen LogP contribution in [0.25, 0.3) is 0 Å². The number of aromatic nitrogens is 1. The van der Waals surface area contributed by atoms with Crippen LogP contribution in [0.15, 0.2) is 59.8 Å². The smallest absolute Gasteiger partial charge is 0.170 e. The van der Waals surface area contributed by atoms with Crippen LogP contribution in [0.4, 0.5) is 5.69 Å². The molecule has 1 aromatic carbocycles. The molecule has 0 unspecified atom stereocenters. The summed E-state index contributed by atoms with van der Waals surface area (Å²) < 4.78 is 0. The van der Waals surface area contributed by atoms with Crippen molar-refractivity contribution >= 4 is 34.8 Å². The van der Waals surface area contributed by atoms with Crippen molar-refractivity contribution in [3.05, 3.63) is 54.9 Å². The molecule has 0 fully saturated rings. The van der Waals surface area contributed by atoms with Gasteiger partial charge in [0.1, 0.15) is 0 Å². The van der Waals surface area contributed by atoms with Crippen molar-refractivity contribution in [1.29, 1.82) is 0 Å². The SMILES string of the molecule is S=C(NCCCCCCSc1ccccc1)Nc1ccncc1. The first-order chi connectivity index (χ1) is 11.3. The molecule has 23 heavy (non-hydrogen) atoms. The van der Waals surface area contributed by atoms with E-state index in [1.807, 2.05) is 23.9 Å². The van der Waals surface area contributed by atoms with E-state index in [-0.39, 0.29) is 0 Å². The predicted molar refractivity (Wildman–Crippen MR) is 104 cm³/mol. The first-order valence-electron chi connectivity index (χ1n) is 7.97. The summed E-state index contributed by atoms with van der Waals surface area (Å²) in [7, 11) is 0. The summed E-state index contributed by atoms with van der Waals surface area (Å²) in [6, 6.07) is 14.4. The molecule has 0 aliphatic rings. The largest absolute Gasteiger partial charge is 0.362 e. The Kier molecular flexibility index (Phi) is 8.51. The molecule has 1 aromatic heterocycles. The summed E-state index contributed by atoms with van der Waals surface area (Å²) >= 11 is 7.20. The number of nitrogens with zero attached hydrogens (tertiary/aromatic N) is 1. The number of benzene rings is 1. The zero-order valence-corrected chi connectivity index (χ0v) is 14.8. The lowest BCUT2D eigenvalue weighted by Crippen LogP contribution is -2.29. The maximum atomic E-state index is 5.26. The molecule has 5 heteroatoms. The van der Waals surface area contributed by atoms with Crippen LogP contribution in [-0.4, -0.2) is 22.4 Å². The van der Waals surface area contributed by atoms with Crippen molar-refractivity contribution in [3.63, 3.8) is 0 Å². The molecule has 0 aliphatic heterocycles.